The first-order valence-electron chi connectivity index (χ1n) is 10.6. The molecule has 1 aromatic heterocycles. The summed E-state index contributed by atoms with van der Waals surface area (Å²) in [5.74, 6) is 1.26. The summed E-state index contributed by atoms with van der Waals surface area (Å²) in [5, 5.41) is 0.624. The first-order chi connectivity index (χ1) is 15.7. The van der Waals surface area contributed by atoms with Gasteiger partial charge in [-0.1, -0.05) is 41.7 Å². The highest BCUT2D eigenvalue weighted by molar-refractivity contribution is 7.22. The van der Waals surface area contributed by atoms with Gasteiger partial charge in [0.2, 0.25) is 0 Å². The summed E-state index contributed by atoms with van der Waals surface area (Å²) in [5.41, 5.74) is 1.67. The number of benzene rings is 2. The van der Waals surface area contributed by atoms with Crippen molar-refractivity contribution in [3.05, 3.63) is 54.1 Å². The van der Waals surface area contributed by atoms with Gasteiger partial charge in [-0.25, -0.2) is 4.98 Å². The van der Waals surface area contributed by atoms with E-state index in [1.807, 2.05) is 48.5 Å². The number of halogens is 1. The number of rotatable bonds is 8. The monoisotopic (exact) mass is 489 g/mol. The Kier molecular flexibility index (Phi) is 9.08. The third-order valence-corrected chi connectivity index (χ3v) is 6.45. The zero-order valence-electron chi connectivity index (χ0n) is 18.7. The molecule has 4 rings (SSSR count). The molecule has 0 N–H and O–H groups in total. The van der Waals surface area contributed by atoms with E-state index in [0.717, 1.165) is 43.1 Å². The van der Waals surface area contributed by atoms with Gasteiger partial charge in [0, 0.05) is 32.3 Å². The lowest BCUT2D eigenvalue weighted by Crippen LogP contribution is -2.42. The quantitative estimate of drug-likeness (QED) is 0.444. The van der Waals surface area contributed by atoms with Crippen LogP contribution in [-0.2, 0) is 9.53 Å². The van der Waals surface area contributed by atoms with Crippen LogP contribution < -0.4 is 14.4 Å². The summed E-state index contributed by atoms with van der Waals surface area (Å²) in [7, 11) is 3.24. The van der Waals surface area contributed by atoms with Gasteiger partial charge in [0.05, 0.1) is 27.4 Å². The number of thiazole rings is 1. The van der Waals surface area contributed by atoms with Gasteiger partial charge in [-0.15, -0.1) is 12.4 Å². The van der Waals surface area contributed by atoms with E-state index in [2.05, 4.69) is 4.90 Å². The van der Waals surface area contributed by atoms with Crippen LogP contribution in [0.3, 0.4) is 0 Å². The topological polar surface area (TPSA) is 64.1 Å². The maximum atomic E-state index is 13.3. The lowest BCUT2D eigenvalue weighted by molar-refractivity contribution is -0.114. The molecule has 0 saturated carbocycles. The molecule has 1 fully saturated rings. The van der Waals surface area contributed by atoms with Gasteiger partial charge in [-0.2, -0.15) is 0 Å². The fraction of sp³-hybridized carbons (Fsp3) is 0.333. The summed E-state index contributed by atoms with van der Waals surface area (Å²) in [6.07, 6.45) is 3.44. The predicted octanol–water partition coefficient (Wildman–Crippen LogP) is 4.11. The molecule has 3 aromatic rings. The number of aromatic nitrogens is 1. The van der Waals surface area contributed by atoms with E-state index < -0.39 is 0 Å². The highest BCUT2D eigenvalue weighted by atomic mass is 35.5. The Hall–Kier alpha value is -2.65. The largest absolute Gasteiger partial charge is 0.495 e. The zero-order valence-corrected chi connectivity index (χ0v) is 20.4. The van der Waals surface area contributed by atoms with E-state index in [9.17, 15) is 4.79 Å². The van der Waals surface area contributed by atoms with Crippen molar-refractivity contribution in [2.24, 2.45) is 0 Å². The molecule has 0 unspecified atom stereocenters. The number of nitrogens with zero attached hydrogens (tertiary/aromatic N) is 3. The molecule has 1 saturated heterocycles. The van der Waals surface area contributed by atoms with Gasteiger partial charge in [0.1, 0.15) is 21.7 Å². The molecule has 1 aliphatic rings. The van der Waals surface area contributed by atoms with Gasteiger partial charge in [0.15, 0.2) is 5.13 Å². The number of ether oxygens (including phenoxy) is 3. The second-order valence-electron chi connectivity index (χ2n) is 7.33. The molecule has 0 radical (unpaired) electrons. The molecule has 0 aliphatic carbocycles. The van der Waals surface area contributed by atoms with Crippen molar-refractivity contribution >= 4 is 51.1 Å². The average molecular weight is 490 g/mol. The number of amides is 1. The van der Waals surface area contributed by atoms with Crippen molar-refractivity contribution in [2.45, 2.75) is 0 Å². The minimum atomic E-state index is -0.112. The Bertz CT molecular complexity index is 1040. The third-order valence-electron chi connectivity index (χ3n) is 5.36. The van der Waals surface area contributed by atoms with Crippen LogP contribution in [0.1, 0.15) is 5.56 Å². The first-order valence-corrected chi connectivity index (χ1v) is 11.4. The van der Waals surface area contributed by atoms with E-state index in [0.29, 0.717) is 28.7 Å². The van der Waals surface area contributed by atoms with E-state index in [1.165, 1.54) is 11.3 Å². The van der Waals surface area contributed by atoms with E-state index in [4.69, 9.17) is 19.2 Å². The SMILES string of the molecule is COc1ccc(OC)c2sc(N(CCN3CCOCC3)C(=O)/C=C/c3ccccc3)nc12.Cl. The number of carbonyl (C=O) groups excluding carboxylic acids is 1. The Morgan fingerprint density at radius 2 is 1.82 bits per heavy atom. The second kappa shape index (κ2) is 12.0. The number of morpholine rings is 1. The minimum Gasteiger partial charge on any atom is -0.495 e. The highest BCUT2D eigenvalue weighted by Gasteiger charge is 2.22. The smallest absolute Gasteiger partial charge is 0.252 e. The molecule has 1 amide bonds. The molecule has 7 nitrogen and oxygen atoms in total. The van der Waals surface area contributed by atoms with Crippen LogP contribution in [0.2, 0.25) is 0 Å². The van der Waals surface area contributed by atoms with Crippen molar-refractivity contribution in [2.75, 3.05) is 58.5 Å². The number of hydrogen-bond donors (Lipinski definition) is 0. The van der Waals surface area contributed by atoms with Crippen molar-refractivity contribution in [1.82, 2.24) is 9.88 Å². The van der Waals surface area contributed by atoms with Crippen LogP contribution in [-0.4, -0.2) is 69.4 Å². The maximum Gasteiger partial charge on any atom is 0.252 e. The number of fused-ring (bicyclic) bond motifs is 1. The van der Waals surface area contributed by atoms with E-state index >= 15 is 0 Å². The Morgan fingerprint density at radius 1 is 1.12 bits per heavy atom. The van der Waals surface area contributed by atoms with Gasteiger partial charge >= 0.3 is 0 Å². The third kappa shape index (κ3) is 6.03. The first kappa shape index (κ1) is 25.0. The molecule has 0 atom stereocenters. The lowest BCUT2D eigenvalue weighted by atomic mass is 10.2. The fourth-order valence-corrected chi connectivity index (χ4v) is 4.68. The summed E-state index contributed by atoms with van der Waals surface area (Å²) in [6.45, 7) is 4.45. The van der Waals surface area contributed by atoms with Crippen molar-refractivity contribution in [3.8, 4) is 11.5 Å². The zero-order chi connectivity index (χ0) is 22.3. The highest BCUT2D eigenvalue weighted by Crippen LogP contribution is 2.40. The van der Waals surface area contributed by atoms with Gasteiger partial charge in [-0.3, -0.25) is 14.6 Å². The standard InChI is InChI=1S/C24H27N3O4S.ClH/c1-29-19-9-10-20(30-2)23-22(19)25-24(32-23)27(13-12-26-14-16-31-17-15-26)21(28)11-8-18-6-4-3-5-7-18;/h3-11H,12-17H2,1-2H3;1H/b11-8+;. The van der Waals surface area contributed by atoms with Gasteiger partial charge in [0.25, 0.3) is 5.91 Å². The molecule has 9 heteroatoms. The predicted molar refractivity (Wildman–Crippen MR) is 135 cm³/mol. The minimum absolute atomic E-state index is 0. The number of carbonyl (C=O) groups is 1. The van der Waals surface area contributed by atoms with Crippen LogP contribution in [0.5, 0.6) is 11.5 Å². The average Bonchev–Trinajstić information content (AvgIpc) is 3.28. The van der Waals surface area contributed by atoms with Crippen molar-refractivity contribution in [3.63, 3.8) is 0 Å². The number of methoxy groups -OCH3 is 2. The lowest BCUT2D eigenvalue weighted by Gasteiger charge is -2.28. The van der Waals surface area contributed by atoms with Gasteiger partial charge < -0.3 is 14.2 Å². The van der Waals surface area contributed by atoms with E-state index in [1.54, 1.807) is 25.2 Å². The van der Waals surface area contributed by atoms with Crippen LogP contribution in [0.25, 0.3) is 16.3 Å². The molecule has 33 heavy (non-hydrogen) atoms. The summed E-state index contributed by atoms with van der Waals surface area (Å²) < 4.78 is 17.3. The second-order valence-corrected chi connectivity index (χ2v) is 8.31. The molecule has 0 spiro atoms. The number of anilines is 1. The molecular weight excluding hydrogens is 462 g/mol. The summed E-state index contributed by atoms with van der Waals surface area (Å²) in [4.78, 5) is 22.1. The summed E-state index contributed by atoms with van der Waals surface area (Å²) in [6, 6.07) is 13.5. The molecule has 2 heterocycles. The molecule has 0 bridgehead atoms. The Balaban J connectivity index is 0.00000306. The summed E-state index contributed by atoms with van der Waals surface area (Å²) >= 11 is 1.43. The fourth-order valence-electron chi connectivity index (χ4n) is 3.58. The van der Waals surface area contributed by atoms with Crippen molar-refractivity contribution < 1.29 is 19.0 Å². The normalized spacial score (nSPS) is 14.2. The maximum absolute atomic E-state index is 13.3. The Labute approximate surface area is 204 Å². The van der Waals surface area contributed by atoms with Crippen LogP contribution in [0.4, 0.5) is 5.13 Å². The molecular formula is C24H28ClN3O4S. The van der Waals surface area contributed by atoms with Gasteiger partial charge in [-0.05, 0) is 23.8 Å². The Morgan fingerprint density at radius 3 is 2.52 bits per heavy atom. The van der Waals surface area contributed by atoms with Crippen LogP contribution >= 0.6 is 23.7 Å². The van der Waals surface area contributed by atoms with Crippen LogP contribution in [0, 0.1) is 0 Å². The van der Waals surface area contributed by atoms with Crippen LogP contribution in [0.15, 0.2) is 48.5 Å². The molecule has 2 aromatic carbocycles. The molecule has 176 valence electrons. The van der Waals surface area contributed by atoms with Crippen molar-refractivity contribution in [1.29, 1.82) is 0 Å². The number of hydrogen-bond acceptors (Lipinski definition) is 7. The van der Waals surface area contributed by atoms with E-state index in [-0.39, 0.29) is 18.3 Å². The molecule has 1 aliphatic heterocycles.